The molecule has 1 amide bonds. The normalized spacial score (nSPS) is 10.2. The Balaban J connectivity index is 2.28. The first-order valence-corrected chi connectivity index (χ1v) is 5.95. The fourth-order valence-electron chi connectivity index (χ4n) is 1.64. The van der Waals surface area contributed by atoms with Gasteiger partial charge in [0.25, 0.3) is 5.91 Å². The topological polar surface area (TPSA) is 69.6 Å². The van der Waals surface area contributed by atoms with Crippen molar-refractivity contribution in [3.05, 3.63) is 52.5 Å². The molecule has 0 aliphatic rings. The van der Waals surface area contributed by atoms with Crippen LogP contribution in [0.2, 0.25) is 5.02 Å². The second kappa shape index (κ2) is 5.20. The number of hydrogen-bond donors (Lipinski definition) is 3. The van der Waals surface area contributed by atoms with Crippen LogP contribution in [0.25, 0.3) is 0 Å². The van der Waals surface area contributed by atoms with Gasteiger partial charge in [-0.1, -0.05) is 23.7 Å². The third-order valence-corrected chi connectivity index (χ3v) is 3.00. The number of rotatable bonds is 2. The maximum atomic E-state index is 12.0. The third kappa shape index (κ3) is 2.80. The summed E-state index contributed by atoms with van der Waals surface area (Å²) in [5.74, 6) is -0.509. The SMILES string of the molecule is Cc1cccc(C(=O)Nc2ccc(O)cc2Cl)c1O. The minimum Gasteiger partial charge on any atom is -0.508 e. The molecule has 0 unspecified atom stereocenters. The number of carbonyl (C=O) groups is 1. The van der Waals surface area contributed by atoms with Crippen LogP contribution in [0, 0.1) is 6.92 Å². The lowest BCUT2D eigenvalue weighted by Gasteiger charge is -2.09. The monoisotopic (exact) mass is 277 g/mol. The Morgan fingerprint density at radius 3 is 2.63 bits per heavy atom. The summed E-state index contributed by atoms with van der Waals surface area (Å²) >= 11 is 5.89. The van der Waals surface area contributed by atoms with Crippen LogP contribution in [0.5, 0.6) is 11.5 Å². The van der Waals surface area contributed by atoms with E-state index in [9.17, 15) is 15.0 Å². The fraction of sp³-hybridized carbons (Fsp3) is 0.0714. The summed E-state index contributed by atoms with van der Waals surface area (Å²) in [6.07, 6.45) is 0. The van der Waals surface area contributed by atoms with Gasteiger partial charge in [0.15, 0.2) is 0 Å². The molecule has 0 atom stereocenters. The predicted molar refractivity (Wildman–Crippen MR) is 73.9 cm³/mol. The highest BCUT2D eigenvalue weighted by molar-refractivity contribution is 6.34. The molecule has 0 aromatic heterocycles. The number of phenolic OH excluding ortho intramolecular Hbond substituents is 2. The highest BCUT2D eigenvalue weighted by atomic mass is 35.5. The van der Waals surface area contributed by atoms with E-state index in [1.54, 1.807) is 19.1 Å². The van der Waals surface area contributed by atoms with Crippen molar-refractivity contribution in [2.75, 3.05) is 5.32 Å². The Kier molecular flexibility index (Phi) is 3.62. The quantitative estimate of drug-likeness (QED) is 0.738. The molecule has 2 aromatic rings. The van der Waals surface area contributed by atoms with Gasteiger partial charge in [0.05, 0.1) is 16.3 Å². The number of aromatic hydroxyl groups is 2. The van der Waals surface area contributed by atoms with Crippen molar-refractivity contribution in [1.82, 2.24) is 0 Å². The minimum absolute atomic E-state index is 0.0152. The van der Waals surface area contributed by atoms with Crippen molar-refractivity contribution in [2.45, 2.75) is 6.92 Å². The Morgan fingerprint density at radius 1 is 1.21 bits per heavy atom. The molecule has 3 N–H and O–H groups in total. The number of carbonyl (C=O) groups excluding carboxylic acids is 1. The van der Waals surface area contributed by atoms with Gasteiger partial charge in [-0.05, 0) is 30.7 Å². The average molecular weight is 278 g/mol. The van der Waals surface area contributed by atoms with Crippen LogP contribution in [0.1, 0.15) is 15.9 Å². The van der Waals surface area contributed by atoms with Crippen molar-refractivity contribution in [3.63, 3.8) is 0 Å². The number of para-hydroxylation sites is 1. The van der Waals surface area contributed by atoms with Gasteiger partial charge in [-0.3, -0.25) is 4.79 Å². The van der Waals surface area contributed by atoms with E-state index in [1.807, 2.05) is 0 Å². The first kappa shape index (κ1) is 13.2. The molecule has 0 fully saturated rings. The second-order valence-corrected chi connectivity index (χ2v) is 4.50. The van der Waals surface area contributed by atoms with Crippen molar-refractivity contribution >= 4 is 23.2 Å². The molecule has 4 nitrogen and oxygen atoms in total. The molecule has 0 spiro atoms. The molecule has 19 heavy (non-hydrogen) atoms. The smallest absolute Gasteiger partial charge is 0.259 e. The van der Waals surface area contributed by atoms with Crippen LogP contribution >= 0.6 is 11.6 Å². The minimum atomic E-state index is -0.464. The van der Waals surface area contributed by atoms with Crippen LogP contribution in [-0.2, 0) is 0 Å². The Bertz CT molecular complexity index is 641. The van der Waals surface area contributed by atoms with Crippen molar-refractivity contribution in [1.29, 1.82) is 0 Å². The molecular formula is C14H12ClNO3. The highest BCUT2D eigenvalue weighted by Gasteiger charge is 2.14. The van der Waals surface area contributed by atoms with Gasteiger partial charge in [-0.15, -0.1) is 0 Å². The number of nitrogens with one attached hydrogen (secondary N) is 1. The largest absolute Gasteiger partial charge is 0.508 e. The number of benzene rings is 2. The second-order valence-electron chi connectivity index (χ2n) is 4.09. The Morgan fingerprint density at radius 2 is 1.95 bits per heavy atom. The first-order valence-electron chi connectivity index (χ1n) is 5.57. The van der Waals surface area contributed by atoms with Gasteiger partial charge in [0, 0.05) is 6.07 Å². The molecule has 0 saturated heterocycles. The van der Waals surface area contributed by atoms with E-state index < -0.39 is 5.91 Å². The molecule has 0 aliphatic carbocycles. The molecular weight excluding hydrogens is 266 g/mol. The molecule has 2 rings (SSSR count). The number of aryl methyl sites for hydroxylation is 1. The van der Waals surface area contributed by atoms with Gasteiger partial charge >= 0.3 is 0 Å². The molecule has 5 heteroatoms. The van der Waals surface area contributed by atoms with Gasteiger partial charge in [0.2, 0.25) is 0 Å². The fourth-order valence-corrected chi connectivity index (χ4v) is 1.86. The van der Waals surface area contributed by atoms with E-state index >= 15 is 0 Å². The summed E-state index contributed by atoms with van der Waals surface area (Å²) in [5, 5.41) is 21.9. The van der Waals surface area contributed by atoms with Crippen molar-refractivity contribution < 1.29 is 15.0 Å². The van der Waals surface area contributed by atoms with Crippen LogP contribution in [0.15, 0.2) is 36.4 Å². The maximum absolute atomic E-state index is 12.0. The summed E-state index contributed by atoms with van der Waals surface area (Å²) in [7, 11) is 0. The van der Waals surface area contributed by atoms with Crippen LogP contribution < -0.4 is 5.32 Å². The number of phenols is 2. The molecule has 0 radical (unpaired) electrons. The zero-order chi connectivity index (χ0) is 14.0. The zero-order valence-electron chi connectivity index (χ0n) is 10.1. The van der Waals surface area contributed by atoms with E-state index in [1.165, 1.54) is 24.3 Å². The lowest BCUT2D eigenvalue weighted by molar-refractivity contribution is 0.102. The van der Waals surface area contributed by atoms with Gasteiger partial charge in [-0.2, -0.15) is 0 Å². The van der Waals surface area contributed by atoms with Crippen molar-refractivity contribution in [3.8, 4) is 11.5 Å². The summed E-state index contributed by atoms with van der Waals surface area (Å²) in [6, 6.07) is 9.14. The Labute approximate surface area is 115 Å². The van der Waals surface area contributed by atoms with Crippen LogP contribution in [0.4, 0.5) is 5.69 Å². The molecule has 2 aromatic carbocycles. The molecule has 0 saturated carbocycles. The average Bonchev–Trinajstić information content (AvgIpc) is 2.36. The number of halogens is 1. The summed E-state index contributed by atoms with van der Waals surface area (Å²) in [6.45, 7) is 1.71. The maximum Gasteiger partial charge on any atom is 0.259 e. The summed E-state index contributed by atoms with van der Waals surface area (Å²) < 4.78 is 0. The number of anilines is 1. The summed E-state index contributed by atoms with van der Waals surface area (Å²) in [5.41, 5.74) is 1.15. The van der Waals surface area contributed by atoms with E-state index in [2.05, 4.69) is 5.32 Å². The Hall–Kier alpha value is -2.20. The first-order chi connectivity index (χ1) is 8.99. The molecule has 98 valence electrons. The lowest BCUT2D eigenvalue weighted by atomic mass is 10.1. The van der Waals surface area contributed by atoms with Crippen LogP contribution in [-0.4, -0.2) is 16.1 Å². The summed E-state index contributed by atoms with van der Waals surface area (Å²) in [4.78, 5) is 12.0. The number of hydrogen-bond acceptors (Lipinski definition) is 3. The molecule has 0 heterocycles. The van der Waals surface area contributed by atoms with Gasteiger partial charge in [0.1, 0.15) is 11.5 Å². The van der Waals surface area contributed by atoms with E-state index in [4.69, 9.17) is 11.6 Å². The standard InChI is InChI=1S/C14H12ClNO3/c1-8-3-2-4-10(13(8)18)14(19)16-12-6-5-9(17)7-11(12)15/h2-7,17-18H,1H3,(H,16,19). The number of amides is 1. The predicted octanol–water partition coefficient (Wildman–Crippen LogP) is 3.31. The van der Waals surface area contributed by atoms with E-state index in [0.717, 1.165) is 0 Å². The van der Waals surface area contributed by atoms with Gasteiger partial charge < -0.3 is 15.5 Å². The molecule has 0 aliphatic heterocycles. The van der Waals surface area contributed by atoms with Crippen molar-refractivity contribution in [2.24, 2.45) is 0 Å². The van der Waals surface area contributed by atoms with Crippen LogP contribution in [0.3, 0.4) is 0 Å². The third-order valence-electron chi connectivity index (χ3n) is 2.68. The van der Waals surface area contributed by atoms with E-state index in [-0.39, 0.29) is 22.1 Å². The van der Waals surface area contributed by atoms with Gasteiger partial charge in [-0.25, -0.2) is 0 Å². The highest BCUT2D eigenvalue weighted by Crippen LogP contribution is 2.28. The lowest BCUT2D eigenvalue weighted by Crippen LogP contribution is -2.12. The zero-order valence-corrected chi connectivity index (χ0v) is 10.9. The van der Waals surface area contributed by atoms with E-state index in [0.29, 0.717) is 11.3 Å². The molecule has 0 bridgehead atoms.